The van der Waals surface area contributed by atoms with Gasteiger partial charge in [-0.1, -0.05) is 6.07 Å². The van der Waals surface area contributed by atoms with E-state index >= 15 is 0 Å². The number of hydrogen-bond acceptors (Lipinski definition) is 6. The molecule has 3 aromatic heterocycles. The molecular weight excluding hydrogens is 424 g/mol. The van der Waals surface area contributed by atoms with E-state index in [0.29, 0.717) is 42.5 Å². The second kappa shape index (κ2) is 8.27. The Morgan fingerprint density at radius 3 is 2.75 bits per heavy atom. The number of nitrogens with zero attached hydrogens (tertiary/aromatic N) is 4. The van der Waals surface area contributed by atoms with Gasteiger partial charge in [0, 0.05) is 28.1 Å². The molecule has 1 amide bonds. The zero-order valence-corrected chi connectivity index (χ0v) is 19.1. The third kappa shape index (κ3) is 3.71. The Morgan fingerprint density at radius 1 is 1.19 bits per heavy atom. The predicted molar refractivity (Wildman–Crippen MR) is 125 cm³/mol. The van der Waals surface area contributed by atoms with Gasteiger partial charge in [-0.15, -0.1) is 11.3 Å². The maximum atomic E-state index is 13.8. The second-order valence-electron chi connectivity index (χ2n) is 8.02. The smallest absolute Gasteiger partial charge is 0.260 e. The molecule has 0 aliphatic carbocycles. The van der Waals surface area contributed by atoms with Gasteiger partial charge in [0.15, 0.2) is 17.1 Å². The Hall–Kier alpha value is -3.39. The summed E-state index contributed by atoms with van der Waals surface area (Å²) in [5.74, 6) is 1.24. The largest absolute Gasteiger partial charge is 0.486 e. The van der Waals surface area contributed by atoms with E-state index in [-0.39, 0.29) is 11.9 Å². The molecule has 5 rings (SSSR count). The Bertz CT molecular complexity index is 1280. The molecule has 0 unspecified atom stereocenters. The summed E-state index contributed by atoms with van der Waals surface area (Å²) in [5.41, 5.74) is 2.79. The fourth-order valence-electron chi connectivity index (χ4n) is 3.84. The van der Waals surface area contributed by atoms with E-state index in [9.17, 15) is 4.79 Å². The van der Waals surface area contributed by atoms with E-state index in [1.54, 1.807) is 22.4 Å². The summed E-state index contributed by atoms with van der Waals surface area (Å²) in [6, 6.07) is 11.7. The van der Waals surface area contributed by atoms with Gasteiger partial charge in [0.1, 0.15) is 13.2 Å². The number of carbonyl (C=O) groups is 1. The molecule has 164 valence electrons. The summed E-state index contributed by atoms with van der Waals surface area (Å²) in [5, 5.41) is 7.32. The normalized spacial score (nSPS) is 13.0. The van der Waals surface area contributed by atoms with Crippen molar-refractivity contribution in [1.29, 1.82) is 0 Å². The highest BCUT2D eigenvalue weighted by molar-refractivity contribution is 7.09. The van der Waals surface area contributed by atoms with Crippen LogP contribution < -0.4 is 14.4 Å². The fourth-order valence-corrected chi connectivity index (χ4v) is 4.54. The van der Waals surface area contributed by atoms with Crippen LogP contribution >= 0.6 is 11.3 Å². The maximum Gasteiger partial charge on any atom is 0.260 e. The van der Waals surface area contributed by atoms with Crippen molar-refractivity contribution in [3.8, 4) is 11.5 Å². The molecule has 7 nitrogen and oxygen atoms in total. The Balaban J connectivity index is 1.57. The number of rotatable bonds is 5. The zero-order valence-electron chi connectivity index (χ0n) is 18.2. The number of amides is 1. The van der Waals surface area contributed by atoms with Crippen molar-refractivity contribution in [2.24, 2.45) is 0 Å². The van der Waals surface area contributed by atoms with Crippen molar-refractivity contribution in [1.82, 2.24) is 14.8 Å². The van der Waals surface area contributed by atoms with E-state index in [1.807, 2.05) is 53.4 Å². The molecule has 0 saturated heterocycles. The molecule has 0 N–H and O–H groups in total. The first-order valence-electron chi connectivity index (χ1n) is 10.6. The first kappa shape index (κ1) is 20.5. The van der Waals surface area contributed by atoms with Gasteiger partial charge in [-0.2, -0.15) is 5.10 Å². The number of aryl methyl sites for hydroxylation is 1. The number of fused-ring (bicyclic) bond motifs is 2. The van der Waals surface area contributed by atoms with Gasteiger partial charge in [0.2, 0.25) is 0 Å². The lowest BCUT2D eigenvalue weighted by Gasteiger charge is -2.25. The van der Waals surface area contributed by atoms with E-state index in [2.05, 4.69) is 18.9 Å². The van der Waals surface area contributed by atoms with Crippen LogP contribution in [-0.4, -0.2) is 33.9 Å². The topological polar surface area (TPSA) is 69.5 Å². The highest BCUT2D eigenvalue weighted by Gasteiger charge is 2.24. The summed E-state index contributed by atoms with van der Waals surface area (Å²) in [6.07, 6.45) is 1.77. The van der Waals surface area contributed by atoms with Crippen LogP contribution in [0.5, 0.6) is 11.5 Å². The van der Waals surface area contributed by atoms with Crippen LogP contribution in [0, 0.1) is 6.92 Å². The van der Waals surface area contributed by atoms with Crippen molar-refractivity contribution in [2.75, 3.05) is 18.1 Å². The lowest BCUT2D eigenvalue weighted by atomic mass is 10.1. The number of benzene rings is 1. The van der Waals surface area contributed by atoms with Crippen LogP contribution in [0.15, 0.2) is 48.0 Å². The summed E-state index contributed by atoms with van der Waals surface area (Å²) in [6.45, 7) is 7.48. The first-order valence-corrected chi connectivity index (χ1v) is 11.5. The van der Waals surface area contributed by atoms with E-state index in [0.717, 1.165) is 21.6 Å². The average Bonchev–Trinajstić information content (AvgIpc) is 3.45. The molecule has 32 heavy (non-hydrogen) atoms. The predicted octanol–water partition coefficient (Wildman–Crippen LogP) is 5.00. The SMILES string of the molecule is Cc1nc2c(cnn2C(C)C)cc1C(=O)N(Cc1cccs1)c1ccc2c(c1)OCCO2. The molecule has 4 aromatic rings. The van der Waals surface area contributed by atoms with E-state index < -0.39 is 0 Å². The van der Waals surface area contributed by atoms with Gasteiger partial charge in [-0.3, -0.25) is 4.79 Å². The molecule has 0 spiro atoms. The minimum atomic E-state index is -0.112. The quantitative estimate of drug-likeness (QED) is 0.430. The van der Waals surface area contributed by atoms with Crippen LogP contribution in [0.3, 0.4) is 0 Å². The summed E-state index contributed by atoms with van der Waals surface area (Å²) in [7, 11) is 0. The standard InChI is InChI=1S/C24H24N4O3S/c1-15(2)28-23-17(13-25-28)11-20(16(3)26-23)24(29)27(14-19-5-4-10-32-19)18-6-7-21-22(12-18)31-9-8-30-21/h4-7,10-13,15H,8-9,14H2,1-3H3. The third-order valence-corrected chi connectivity index (χ3v) is 6.32. The van der Waals surface area contributed by atoms with Crippen LogP contribution in [-0.2, 0) is 6.54 Å². The number of ether oxygens (including phenoxy) is 2. The van der Waals surface area contributed by atoms with Crippen LogP contribution in [0.4, 0.5) is 5.69 Å². The van der Waals surface area contributed by atoms with Gasteiger partial charge >= 0.3 is 0 Å². The molecule has 0 radical (unpaired) electrons. The number of aromatic nitrogens is 3. The molecule has 1 aliphatic heterocycles. The molecule has 0 atom stereocenters. The molecule has 0 fully saturated rings. The fraction of sp³-hybridized carbons (Fsp3) is 0.292. The van der Waals surface area contributed by atoms with Crippen molar-refractivity contribution in [3.63, 3.8) is 0 Å². The highest BCUT2D eigenvalue weighted by Crippen LogP contribution is 2.35. The van der Waals surface area contributed by atoms with Crippen molar-refractivity contribution >= 4 is 34.0 Å². The number of anilines is 1. The minimum absolute atomic E-state index is 0.112. The number of pyridine rings is 1. The zero-order chi connectivity index (χ0) is 22.2. The molecule has 4 heterocycles. The van der Waals surface area contributed by atoms with E-state index in [1.165, 1.54) is 0 Å². The molecule has 0 bridgehead atoms. The van der Waals surface area contributed by atoms with Gasteiger partial charge in [-0.25, -0.2) is 9.67 Å². The first-order chi connectivity index (χ1) is 15.5. The van der Waals surface area contributed by atoms with Crippen LogP contribution in [0.2, 0.25) is 0 Å². The van der Waals surface area contributed by atoms with Crippen molar-refractivity contribution in [2.45, 2.75) is 33.4 Å². The summed E-state index contributed by atoms with van der Waals surface area (Å²) >= 11 is 1.62. The number of thiophene rings is 1. The second-order valence-corrected chi connectivity index (χ2v) is 9.05. The van der Waals surface area contributed by atoms with Crippen molar-refractivity contribution < 1.29 is 14.3 Å². The Labute approximate surface area is 190 Å². The minimum Gasteiger partial charge on any atom is -0.486 e. The maximum absolute atomic E-state index is 13.8. The average molecular weight is 449 g/mol. The third-order valence-electron chi connectivity index (χ3n) is 5.46. The van der Waals surface area contributed by atoms with Crippen molar-refractivity contribution in [3.05, 3.63) is 64.1 Å². The molecule has 8 heteroatoms. The lowest BCUT2D eigenvalue weighted by Crippen LogP contribution is -2.31. The summed E-state index contributed by atoms with van der Waals surface area (Å²) < 4.78 is 13.3. The Kier molecular flexibility index (Phi) is 5.30. The molecular formula is C24H24N4O3S. The summed E-state index contributed by atoms with van der Waals surface area (Å²) in [4.78, 5) is 21.4. The molecule has 1 aliphatic rings. The lowest BCUT2D eigenvalue weighted by molar-refractivity contribution is 0.0984. The molecule has 0 saturated carbocycles. The van der Waals surface area contributed by atoms with Gasteiger partial charge in [-0.05, 0) is 50.4 Å². The Morgan fingerprint density at radius 2 is 2.00 bits per heavy atom. The monoisotopic (exact) mass is 448 g/mol. The number of carbonyl (C=O) groups excluding carboxylic acids is 1. The van der Waals surface area contributed by atoms with Gasteiger partial charge in [0.05, 0.1) is 24.0 Å². The highest BCUT2D eigenvalue weighted by atomic mass is 32.1. The van der Waals surface area contributed by atoms with Crippen LogP contribution in [0.25, 0.3) is 11.0 Å². The van der Waals surface area contributed by atoms with E-state index in [4.69, 9.17) is 14.5 Å². The number of hydrogen-bond donors (Lipinski definition) is 0. The van der Waals surface area contributed by atoms with Crippen LogP contribution in [0.1, 0.15) is 40.8 Å². The molecule has 1 aromatic carbocycles. The van der Waals surface area contributed by atoms with Gasteiger partial charge in [0.25, 0.3) is 5.91 Å². The van der Waals surface area contributed by atoms with Gasteiger partial charge < -0.3 is 14.4 Å².